The fraction of sp³-hybridized carbons (Fsp3) is 0.316. The van der Waals surface area contributed by atoms with E-state index in [9.17, 15) is 14.9 Å². The number of aryl methyl sites for hydroxylation is 1. The summed E-state index contributed by atoms with van der Waals surface area (Å²) in [5.74, 6) is 0.878. The maximum absolute atomic E-state index is 12.4. The van der Waals surface area contributed by atoms with Crippen LogP contribution in [0.4, 0.5) is 11.4 Å². The Morgan fingerprint density at radius 1 is 1.28 bits per heavy atom. The van der Waals surface area contributed by atoms with E-state index in [1.807, 2.05) is 17.5 Å². The molecule has 0 spiro atoms. The molecule has 0 unspecified atom stereocenters. The molecule has 3 rings (SSSR count). The zero-order valence-electron chi connectivity index (χ0n) is 15.9. The van der Waals surface area contributed by atoms with Crippen molar-refractivity contribution >= 4 is 28.6 Å². The summed E-state index contributed by atoms with van der Waals surface area (Å²) in [5.41, 5.74) is 0.690. The molecule has 0 atom stereocenters. The van der Waals surface area contributed by atoms with E-state index in [0.29, 0.717) is 30.4 Å². The van der Waals surface area contributed by atoms with Gasteiger partial charge in [0.25, 0.3) is 11.6 Å². The lowest BCUT2D eigenvalue weighted by molar-refractivity contribution is -0.384. The van der Waals surface area contributed by atoms with Crippen LogP contribution >= 0.6 is 11.3 Å². The van der Waals surface area contributed by atoms with Crippen LogP contribution in [0.2, 0.25) is 0 Å². The number of hydrogen-bond acceptors (Lipinski definition) is 8. The van der Waals surface area contributed by atoms with Crippen LogP contribution in [0.3, 0.4) is 0 Å². The number of nitrogens with one attached hydrogen (secondary N) is 2. The normalized spacial score (nSPS) is 10.7. The summed E-state index contributed by atoms with van der Waals surface area (Å²) in [6.45, 7) is 0.481. The number of carbonyl (C=O) groups excluding carboxylic acids is 1. The summed E-state index contributed by atoms with van der Waals surface area (Å²) in [7, 11) is 1.67. The van der Waals surface area contributed by atoms with Gasteiger partial charge in [-0.3, -0.25) is 14.9 Å². The maximum atomic E-state index is 12.4. The standard InChI is InChI=1S/C19H21N5O4S/c1-20-15-9-8-13(24(26)27)12-14(15)19(25)21-10-4-2-3-7-17-22-18(23-28-17)16-6-5-11-29-16/h5-6,8-9,11-12,20H,2-4,7,10H2,1H3,(H,21,25). The zero-order valence-corrected chi connectivity index (χ0v) is 16.7. The van der Waals surface area contributed by atoms with E-state index < -0.39 is 4.92 Å². The molecule has 3 aromatic rings. The first-order valence-electron chi connectivity index (χ1n) is 9.19. The summed E-state index contributed by atoms with van der Waals surface area (Å²) in [6.07, 6.45) is 3.20. The number of thiophene rings is 1. The number of benzene rings is 1. The molecule has 1 aromatic carbocycles. The van der Waals surface area contributed by atoms with Gasteiger partial charge in [-0.2, -0.15) is 4.98 Å². The molecule has 0 aliphatic rings. The largest absolute Gasteiger partial charge is 0.387 e. The number of nitro benzene ring substituents is 1. The van der Waals surface area contributed by atoms with Gasteiger partial charge in [0.15, 0.2) is 0 Å². The Hall–Kier alpha value is -3.27. The van der Waals surface area contributed by atoms with Gasteiger partial charge < -0.3 is 15.2 Å². The lowest BCUT2D eigenvalue weighted by Gasteiger charge is -2.09. The van der Waals surface area contributed by atoms with E-state index in [0.717, 1.165) is 24.1 Å². The van der Waals surface area contributed by atoms with Crippen molar-refractivity contribution in [3.05, 3.63) is 57.3 Å². The Labute approximate surface area is 171 Å². The van der Waals surface area contributed by atoms with Crippen molar-refractivity contribution in [2.45, 2.75) is 25.7 Å². The molecular formula is C19H21N5O4S. The van der Waals surface area contributed by atoms with Gasteiger partial charge >= 0.3 is 0 Å². The minimum Gasteiger partial charge on any atom is -0.387 e. The van der Waals surface area contributed by atoms with Gasteiger partial charge in [-0.25, -0.2) is 0 Å². The minimum atomic E-state index is -0.516. The minimum absolute atomic E-state index is 0.115. The first kappa shape index (κ1) is 20.5. The van der Waals surface area contributed by atoms with E-state index >= 15 is 0 Å². The number of nitrogens with zero attached hydrogens (tertiary/aromatic N) is 3. The fourth-order valence-corrected chi connectivity index (χ4v) is 3.44. The van der Waals surface area contributed by atoms with E-state index in [2.05, 4.69) is 20.8 Å². The Kier molecular flexibility index (Phi) is 6.90. The van der Waals surface area contributed by atoms with Gasteiger partial charge in [-0.05, 0) is 30.4 Å². The second-order valence-electron chi connectivity index (χ2n) is 6.29. The molecule has 0 saturated carbocycles. The van der Waals surface area contributed by atoms with Crippen LogP contribution in [0, 0.1) is 10.1 Å². The molecule has 2 heterocycles. The number of nitro groups is 1. The van der Waals surface area contributed by atoms with Crippen molar-refractivity contribution in [1.29, 1.82) is 0 Å². The highest BCUT2D eigenvalue weighted by molar-refractivity contribution is 7.13. The molecule has 1 amide bonds. The molecule has 2 aromatic heterocycles. The molecule has 0 saturated heterocycles. The molecule has 0 fully saturated rings. The Balaban J connectivity index is 1.41. The number of carbonyl (C=O) groups is 1. The third-order valence-electron chi connectivity index (χ3n) is 4.29. The van der Waals surface area contributed by atoms with Gasteiger partial charge in [0, 0.05) is 37.8 Å². The fourth-order valence-electron chi connectivity index (χ4n) is 2.79. The van der Waals surface area contributed by atoms with E-state index in [4.69, 9.17) is 4.52 Å². The molecule has 10 heteroatoms. The molecule has 29 heavy (non-hydrogen) atoms. The number of aromatic nitrogens is 2. The summed E-state index contributed by atoms with van der Waals surface area (Å²) in [5, 5.41) is 22.6. The highest BCUT2D eigenvalue weighted by Crippen LogP contribution is 2.22. The third kappa shape index (κ3) is 5.38. The zero-order chi connectivity index (χ0) is 20.6. The van der Waals surface area contributed by atoms with Crippen molar-refractivity contribution in [1.82, 2.24) is 15.5 Å². The van der Waals surface area contributed by atoms with Crippen LogP contribution in [0.15, 0.2) is 40.2 Å². The molecular weight excluding hydrogens is 394 g/mol. The molecule has 2 N–H and O–H groups in total. The number of amides is 1. The van der Waals surface area contributed by atoms with Crippen LogP contribution in [0.5, 0.6) is 0 Å². The second kappa shape index (κ2) is 9.78. The lowest BCUT2D eigenvalue weighted by atomic mass is 10.1. The van der Waals surface area contributed by atoms with Crippen LogP contribution in [0.25, 0.3) is 10.7 Å². The molecule has 0 radical (unpaired) electrons. The highest BCUT2D eigenvalue weighted by atomic mass is 32.1. The Morgan fingerprint density at radius 2 is 2.14 bits per heavy atom. The van der Waals surface area contributed by atoms with Crippen molar-refractivity contribution in [3.63, 3.8) is 0 Å². The quantitative estimate of drug-likeness (QED) is 0.292. The summed E-state index contributed by atoms with van der Waals surface area (Å²) < 4.78 is 5.26. The maximum Gasteiger partial charge on any atom is 0.270 e. The van der Waals surface area contributed by atoms with Crippen molar-refractivity contribution in [2.75, 3.05) is 18.9 Å². The number of rotatable bonds is 10. The van der Waals surface area contributed by atoms with Crippen LogP contribution in [-0.2, 0) is 6.42 Å². The first-order chi connectivity index (χ1) is 14.1. The van der Waals surface area contributed by atoms with E-state index in [-0.39, 0.29) is 17.2 Å². The second-order valence-corrected chi connectivity index (χ2v) is 7.24. The molecule has 0 bridgehead atoms. The molecule has 152 valence electrons. The van der Waals surface area contributed by atoms with Gasteiger partial charge in [0.05, 0.1) is 15.4 Å². The number of anilines is 1. The van der Waals surface area contributed by atoms with Crippen molar-refractivity contribution in [3.8, 4) is 10.7 Å². The summed E-state index contributed by atoms with van der Waals surface area (Å²) >= 11 is 1.56. The average molecular weight is 415 g/mol. The molecule has 9 nitrogen and oxygen atoms in total. The monoisotopic (exact) mass is 415 g/mol. The van der Waals surface area contributed by atoms with E-state index in [1.54, 1.807) is 18.4 Å². The predicted octanol–water partition coefficient (Wildman–Crippen LogP) is 3.89. The van der Waals surface area contributed by atoms with Gasteiger partial charge in [-0.15, -0.1) is 11.3 Å². The topological polar surface area (TPSA) is 123 Å². The molecule has 0 aliphatic carbocycles. The number of non-ortho nitro benzene ring substituents is 1. The summed E-state index contributed by atoms with van der Waals surface area (Å²) in [6, 6.07) is 8.06. The number of unbranched alkanes of at least 4 members (excludes halogenated alkanes) is 2. The van der Waals surface area contributed by atoms with E-state index in [1.165, 1.54) is 18.2 Å². The van der Waals surface area contributed by atoms with Gasteiger partial charge in [0.2, 0.25) is 11.7 Å². The van der Waals surface area contributed by atoms with Crippen molar-refractivity contribution < 1.29 is 14.2 Å². The lowest BCUT2D eigenvalue weighted by Crippen LogP contribution is -2.25. The summed E-state index contributed by atoms with van der Waals surface area (Å²) in [4.78, 5) is 28.1. The predicted molar refractivity (Wildman–Crippen MR) is 110 cm³/mol. The Bertz CT molecular complexity index is 971. The van der Waals surface area contributed by atoms with Crippen LogP contribution in [0.1, 0.15) is 35.5 Å². The SMILES string of the molecule is CNc1ccc([N+](=O)[O-])cc1C(=O)NCCCCCc1nc(-c2cccs2)no1. The molecule has 0 aliphatic heterocycles. The Morgan fingerprint density at radius 3 is 2.86 bits per heavy atom. The average Bonchev–Trinajstić information content (AvgIpc) is 3.41. The first-order valence-corrected chi connectivity index (χ1v) is 10.1. The van der Waals surface area contributed by atoms with Crippen molar-refractivity contribution in [2.24, 2.45) is 0 Å². The van der Waals surface area contributed by atoms with Gasteiger partial charge in [0.1, 0.15) is 0 Å². The highest BCUT2D eigenvalue weighted by Gasteiger charge is 2.16. The third-order valence-corrected chi connectivity index (χ3v) is 5.16. The van der Waals surface area contributed by atoms with Crippen LogP contribution in [-0.4, -0.2) is 34.6 Å². The smallest absolute Gasteiger partial charge is 0.270 e. The number of hydrogen-bond donors (Lipinski definition) is 2. The van der Waals surface area contributed by atoms with Crippen LogP contribution < -0.4 is 10.6 Å². The van der Waals surface area contributed by atoms with Gasteiger partial charge in [-0.1, -0.05) is 17.6 Å².